The van der Waals surface area contributed by atoms with Crippen molar-refractivity contribution in [3.05, 3.63) is 47.6 Å². The second kappa shape index (κ2) is 3.57. The van der Waals surface area contributed by atoms with Crippen LogP contribution >= 0.6 is 11.6 Å². The molecule has 0 saturated heterocycles. The van der Waals surface area contributed by atoms with Crippen molar-refractivity contribution in [2.45, 2.75) is 0 Å². The molecule has 4 nitrogen and oxygen atoms in total. The van der Waals surface area contributed by atoms with Crippen LogP contribution in [0.3, 0.4) is 0 Å². The Labute approximate surface area is 96.5 Å². The second-order valence-electron chi connectivity index (χ2n) is 3.32. The summed E-state index contributed by atoms with van der Waals surface area (Å²) < 4.78 is 0. The van der Waals surface area contributed by atoms with Crippen LogP contribution in [-0.2, 0) is 0 Å². The highest BCUT2D eigenvalue weighted by molar-refractivity contribution is 6.30. The van der Waals surface area contributed by atoms with Gasteiger partial charge in [-0.2, -0.15) is 0 Å². The zero-order valence-electron chi connectivity index (χ0n) is 8.21. The number of aromatic nitrogens is 4. The van der Waals surface area contributed by atoms with Crippen LogP contribution < -0.4 is 0 Å². The van der Waals surface area contributed by atoms with Crippen LogP contribution in [0.5, 0.6) is 0 Å². The normalized spacial score (nSPS) is 10.8. The molecular formula is C11H7ClN4. The number of halogens is 1. The van der Waals surface area contributed by atoms with Gasteiger partial charge in [0.15, 0.2) is 0 Å². The SMILES string of the molecule is Clc1cnc2nn(-c3ccccc3)nc2c1. The van der Waals surface area contributed by atoms with Gasteiger partial charge in [0, 0.05) is 6.20 Å². The fraction of sp³-hybridized carbons (Fsp3) is 0. The lowest BCUT2D eigenvalue weighted by atomic mass is 10.3. The van der Waals surface area contributed by atoms with E-state index in [0.717, 1.165) is 5.69 Å². The first kappa shape index (κ1) is 9.30. The van der Waals surface area contributed by atoms with E-state index in [4.69, 9.17) is 11.6 Å². The predicted octanol–water partition coefficient (Wildman–Crippen LogP) is 2.47. The smallest absolute Gasteiger partial charge is 0.202 e. The maximum atomic E-state index is 5.83. The average molecular weight is 231 g/mol. The van der Waals surface area contributed by atoms with Crippen LogP contribution in [0.25, 0.3) is 16.9 Å². The molecule has 0 spiro atoms. The maximum Gasteiger partial charge on any atom is 0.202 e. The van der Waals surface area contributed by atoms with Gasteiger partial charge >= 0.3 is 0 Å². The van der Waals surface area contributed by atoms with Crippen molar-refractivity contribution in [2.24, 2.45) is 0 Å². The van der Waals surface area contributed by atoms with Gasteiger partial charge in [0.25, 0.3) is 0 Å². The molecule has 0 aliphatic rings. The molecule has 0 aliphatic carbocycles. The van der Waals surface area contributed by atoms with E-state index in [1.807, 2.05) is 30.3 Å². The van der Waals surface area contributed by atoms with E-state index in [2.05, 4.69) is 15.2 Å². The van der Waals surface area contributed by atoms with Gasteiger partial charge < -0.3 is 0 Å². The Morgan fingerprint density at radius 2 is 1.88 bits per heavy atom. The van der Waals surface area contributed by atoms with Crippen LogP contribution in [0.15, 0.2) is 42.6 Å². The van der Waals surface area contributed by atoms with Crippen molar-refractivity contribution in [3.8, 4) is 5.69 Å². The molecule has 0 fully saturated rings. The summed E-state index contributed by atoms with van der Waals surface area (Å²) in [5.74, 6) is 0. The molecule has 0 amide bonds. The molecule has 3 rings (SSSR count). The Morgan fingerprint density at radius 3 is 2.69 bits per heavy atom. The molecule has 0 unspecified atom stereocenters. The fourth-order valence-electron chi connectivity index (χ4n) is 1.46. The fourth-order valence-corrected chi connectivity index (χ4v) is 1.62. The molecule has 5 heteroatoms. The Balaban J connectivity index is 2.19. The van der Waals surface area contributed by atoms with E-state index in [1.54, 1.807) is 17.1 Å². The Morgan fingerprint density at radius 1 is 1.06 bits per heavy atom. The zero-order valence-corrected chi connectivity index (χ0v) is 8.96. The Kier molecular flexibility index (Phi) is 2.08. The quantitative estimate of drug-likeness (QED) is 0.645. The third-order valence-corrected chi connectivity index (χ3v) is 2.40. The predicted molar refractivity (Wildman–Crippen MR) is 61.7 cm³/mol. The lowest BCUT2D eigenvalue weighted by Crippen LogP contribution is -1.97. The van der Waals surface area contributed by atoms with Gasteiger partial charge in [0.2, 0.25) is 5.65 Å². The number of pyridine rings is 1. The topological polar surface area (TPSA) is 43.6 Å². The van der Waals surface area contributed by atoms with Crippen LogP contribution in [0.4, 0.5) is 0 Å². The molecule has 2 aromatic heterocycles. The largest absolute Gasteiger partial charge is 0.232 e. The maximum absolute atomic E-state index is 5.83. The Hall–Kier alpha value is -1.94. The number of fused-ring (bicyclic) bond motifs is 1. The van der Waals surface area contributed by atoms with Gasteiger partial charge in [-0.3, -0.25) is 0 Å². The van der Waals surface area contributed by atoms with Gasteiger partial charge in [0.1, 0.15) is 5.52 Å². The van der Waals surface area contributed by atoms with Gasteiger partial charge in [-0.05, 0) is 18.2 Å². The van der Waals surface area contributed by atoms with E-state index >= 15 is 0 Å². The van der Waals surface area contributed by atoms with Crippen molar-refractivity contribution in [2.75, 3.05) is 0 Å². The highest BCUT2D eigenvalue weighted by Gasteiger charge is 2.05. The van der Waals surface area contributed by atoms with Crippen LogP contribution in [-0.4, -0.2) is 20.0 Å². The highest BCUT2D eigenvalue weighted by atomic mass is 35.5. The number of rotatable bonds is 1. The molecule has 78 valence electrons. The minimum atomic E-state index is 0.563. The highest BCUT2D eigenvalue weighted by Crippen LogP contribution is 2.14. The zero-order chi connectivity index (χ0) is 11.0. The van der Waals surface area contributed by atoms with Gasteiger partial charge in [-0.1, -0.05) is 29.8 Å². The molecular weight excluding hydrogens is 224 g/mol. The summed E-state index contributed by atoms with van der Waals surface area (Å²) in [6.45, 7) is 0. The number of benzene rings is 1. The summed E-state index contributed by atoms with van der Waals surface area (Å²) in [6.07, 6.45) is 1.56. The monoisotopic (exact) mass is 230 g/mol. The average Bonchev–Trinajstić information content (AvgIpc) is 2.73. The second-order valence-corrected chi connectivity index (χ2v) is 3.76. The third-order valence-electron chi connectivity index (χ3n) is 2.19. The van der Waals surface area contributed by atoms with Gasteiger partial charge in [-0.25, -0.2) is 4.98 Å². The molecule has 16 heavy (non-hydrogen) atoms. The standard InChI is InChI=1S/C11H7ClN4/c12-8-6-10-11(13-7-8)15-16(14-10)9-4-2-1-3-5-9/h1-7H. The molecule has 0 radical (unpaired) electrons. The van der Waals surface area contributed by atoms with Crippen molar-refractivity contribution < 1.29 is 0 Å². The van der Waals surface area contributed by atoms with Crippen molar-refractivity contribution in [3.63, 3.8) is 0 Å². The van der Waals surface area contributed by atoms with Crippen molar-refractivity contribution >= 4 is 22.8 Å². The molecule has 3 aromatic rings. The summed E-state index contributed by atoms with van der Waals surface area (Å²) in [4.78, 5) is 5.65. The van der Waals surface area contributed by atoms with Crippen LogP contribution in [0.2, 0.25) is 5.02 Å². The number of nitrogens with zero attached hydrogens (tertiary/aromatic N) is 4. The van der Waals surface area contributed by atoms with Gasteiger partial charge in [-0.15, -0.1) is 15.0 Å². The number of hydrogen-bond acceptors (Lipinski definition) is 3. The van der Waals surface area contributed by atoms with E-state index < -0.39 is 0 Å². The summed E-state index contributed by atoms with van der Waals surface area (Å²) in [5.41, 5.74) is 2.18. The molecule has 0 N–H and O–H groups in total. The van der Waals surface area contributed by atoms with Gasteiger partial charge in [0.05, 0.1) is 10.7 Å². The van der Waals surface area contributed by atoms with E-state index in [1.165, 1.54) is 0 Å². The molecule has 0 saturated carbocycles. The van der Waals surface area contributed by atoms with Crippen molar-refractivity contribution in [1.82, 2.24) is 20.0 Å². The summed E-state index contributed by atoms with van der Waals surface area (Å²) in [7, 11) is 0. The number of para-hydroxylation sites is 1. The van der Waals surface area contributed by atoms with E-state index in [9.17, 15) is 0 Å². The lowest BCUT2D eigenvalue weighted by molar-refractivity contribution is 0.763. The summed E-state index contributed by atoms with van der Waals surface area (Å²) >= 11 is 5.83. The summed E-state index contributed by atoms with van der Waals surface area (Å²) in [5, 5.41) is 9.12. The minimum absolute atomic E-state index is 0.563. The minimum Gasteiger partial charge on any atom is -0.232 e. The third kappa shape index (κ3) is 1.53. The van der Waals surface area contributed by atoms with E-state index in [0.29, 0.717) is 16.2 Å². The first-order valence-corrected chi connectivity index (χ1v) is 5.15. The van der Waals surface area contributed by atoms with E-state index in [-0.39, 0.29) is 0 Å². The van der Waals surface area contributed by atoms with Crippen molar-refractivity contribution in [1.29, 1.82) is 0 Å². The van der Waals surface area contributed by atoms with Crippen LogP contribution in [0.1, 0.15) is 0 Å². The first-order chi connectivity index (χ1) is 7.83. The first-order valence-electron chi connectivity index (χ1n) is 4.77. The van der Waals surface area contributed by atoms with Crippen LogP contribution in [0, 0.1) is 0 Å². The lowest BCUT2D eigenvalue weighted by Gasteiger charge is -1.95. The summed E-state index contributed by atoms with van der Waals surface area (Å²) in [6, 6.07) is 11.4. The molecule has 2 heterocycles. The molecule has 0 aliphatic heterocycles. The number of hydrogen-bond donors (Lipinski definition) is 0. The molecule has 1 aromatic carbocycles. The Bertz CT molecular complexity index is 633. The molecule has 0 bridgehead atoms. The molecule has 0 atom stereocenters.